The maximum Gasteiger partial charge on any atom is 0.126 e. The first-order valence-electron chi connectivity index (χ1n) is 4.90. The third-order valence-corrected chi connectivity index (χ3v) is 2.30. The molecule has 0 aliphatic heterocycles. The highest BCUT2D eigenvalue weighted by atomic mass is 16.5. The molecule has 82 valence electrons. The Morgan fingerprint density at radius 1 is 1.25 bits per heavy atom. The molecule has 0 fully saturated rings. The average molecular weight is 216 g/mol. The van der Waals surface area contributed by atoms with Crippen molar-refractivity contribution in [2.24, 2.45) is 0 Å². The fraction of sp³-hybridized carbons (Fsp3) is 0.167. The van der Waals surface area contributed by atoms with Crippen molar-refractivity contribution in [3.8, 4) is 5.75 Å². The van der Waals surface area contributed by atoms with E-state index >= 15 is 0 Å². The monoisotopic (exact) mass is 216 g/mol. The van der Waals surface area contributed by atoms with E-state index in [2.05, 4.69) is 9.97 Å². The summed E-state index contributed by atoms with van der Waals surface area (Å²) in [5.41, 5.74) is 1.19. The Kier molecular flexibility index (Phi) is 3.12. The van der Waals surface area contributed by atoms with E-state index in [1.807, 2.05) is 12.1 Å². The van der Waals surface area contributed by atoms with Gasteiger partial charge >= 0.3 is 0 Å². The topological polar surface area (TPSA) is 55.2 Å². The second-order valence-corrected chi connectivity index (χ2v) is 3.27. The van der Waals surface area contributed by atoms with Gasteiger partial charge in [0.15, 0.2) is 0 Å². The number of ether oxygens (including phenoxy) is 1. The average Bonchev–Trinajstić information content (AvgIpc) is 2.39. The third-order valence-electron chi connectivity index (χ3n) is 2.30. The summed E-state index contributed by atoms with van der Waals surface area (Å²) >= 11 is 0. The SMILES string of the molecule is COc1ccccc1[C@H](O)c1cnccn1. The standard InChI is InChI=1S/C12H12N2O2/c1-16-11-5-3-2-4-9(11)12(15)10-8-13-6-7-14-10/h2-8,12,15H,1H3/t12-/m0/s1. The maximum absolute atomic E-state index is 10.1. The van der Waals surface area contributed by atoms with Crippen molar-refractivity contribution in [1.29, 1.82) is 0 Å². The van der Waals surface area contributed by atoms with E-state index < -0.39 is 6.10 Å². The molecule has 0 unspecified atom stereocenters. The van der Waals surface area contributed by atoms with Gasteiger partial charge in [0.05, 0.1) is 19.0 Å². The van der Waals surface area contributed by atoms with Gasteiger partial charge in [-0.1, -0.05) is 18.2 Å². The first-order chi connectivity index (χ1) is 7.83. The third kappa shape index (κ3) is 2.01. The van der Waals surface area contributed by atoms with Gasteiger partial charge in [-0.05, 0) is 6.07 Å². The van der Waals surface area contributed by atoms with Crippen LogP contribution in [0.15, 0.2) is 42.9 Å². The van der Waals surface area contributed by atoms with Gasteiger partial charge in [-0.2, -0.15) is 0 Å². The molecule has 1 atom stereocenters. The molecule has 0 aliphatic carbocycles. The van der Waals surface area contributed by atoms with Gasteiger partial charge in [0.2, 0.25) is 0 Å². The van der Waals surface area contributed by atoms with Crippen molar-refractivity contribution in [3.63, 3.8) is 0 Å². The summed E-state index contributed by atoms with van der Waals surface area (Å²) in [7, 11) is 1.57. The first kappa shape index (κ1) is 10.6. The van der Waals surface area contributed by atoms with Crippen LogP contribution in [0.2, 0.25) is 0 Å². The molecule has 0 saturated carbocycles. The van der Waals surface area contributed by atoms with E-state index in [1.165, 1.54) is 6.20 Å². The number of aromatic nitrogens is 2. The highest BCUT2D eigenvalue weighted by Crippen LogP contribution is 2.27. The Balaban J connectivity index is 2.37. The van der Waals surface area contributed by atoms with Crippen molar-refractivity contribution in [2.75, 3.05) is 7.11 Å². The van der Waals surface area contributed by atoms with Crippen LogP contribution in [0.3, 0.4) is 0 Å². The molecule has 0 bridgehead atoms. The van der Waals surface area contributed by atoms with E-state index in [-0.39, 0.29) is 0 Å². The van der Waals surface area contributed by atoms with Crippen LogP contribution in [0.1, 0.15) is 17.4 Å². The molecule has 4 heteroatoms. The van der Waals surface area contributed by atoms with Crippen molar-refractivity contribution in [1.82, 2.24) is 9.97 Å². The number of hydrogen-bond donors (Lipinski definition) is 1. The Bertz CT molecular complexity index is 460. The predicted molar refractivity (Wildman–Crippen MR) is 59.1 cm³/mol. The molecule has 0 spiro atoms. The summed E-state index contributed by atoms with van der Waals surface area (Å²) in [6.45, 7) is 0. The number of aliphatic hydroxyl groups excluding tert-OH is 1. The number of nitrogens with zero attached hydrogens (tertiary/aromatic N) is 2. The van der Waals surface area contributed by atoms with Gasteiger partial charge in [0.1, 0.15) is 11.9 Å². The van der Waals surface area contributed by atoms with Gasteiger partial charge in [-0.3, -0.25) is 9.97 Å². The summed E-state index contributed by atoms with van der Waals surface area (Å²) in [4.78, 5) is 7.99. The predicted octanol–water partition coefficient (Wildman–Crippen LogP) is 1.57. The molecule has 1 N–H and O–H groups in total. The van der Waals surface area contributed by atoms with Crippen LogP contribution in [0.5, 0.6) is 5.75 Å². The normalized spacial score (nSPS) is 12.1. The summed E-state index contributed by atoms with van der Waals surface area (Å²) in [5, 5.41) is 10.1. The molecule has 0 saturated heterocycles. The Morgan fingerprint density at radius 3 is 2.75 bits per heavy atom. The molecule has 2 rings (SSSR count). The number of methoxy groups -OCH3 is 1. The van der Waals surface area contributed by atoms with Gasteiger partial charge in [0.25, 0.3) is 0 Å². The zero-order valence-electron chi connectivity index (χ0n) is 8.87. The fourth-order valence-electron chi connectivity index (χ4n) is 1.50. The van der Waals surface area contributed by atoms with E-state index in [0.29, 0.717) is 17.0 Å². The van der Waals surface area contributed by atoms with Crippen molar-refractivity contribution < 1.29 is 9.84 Å². The van der Waals surface area contributed by atoms with Crippen molar-refractivity contribution in [2.45, 2.75) is 6.10 Å². The zero-order valence-corrected chi connectivity index (χ0v) is 8.87. The Hall–Kier alpha value is -1.94. The second kappa shape index (κ2) is 4.72. The lowest BCUT2D eigenvalue weighted by molar-refractivity contribution is 0.209. The number of aliphatic hydroxyl groups is 1. The lowest BCUT2D eigenvalue weighted by Crippen LogP contribution is -2.04. The minimum absolute atomic E-state index is 0.506. The highest BCUT2D eigenvalue weighted by Gasteiger charge is 2.15. The number of benzene rings is 1. The number of para-hydroxylation sites is 1. The molecule has 2 aromatic rings. The summed E-state index contributed by atoms with van der Waals surface area (Å²) in [6.07, 6.45) is 3.84. The zero-order chi connectivity index (χ0) is 11.4. The van der Waals surface area contributed by atoms with Crippen molar-refractivity contribution >= 4 is 0 Å². The first-order valence-corrected chi connectivity index (χ1v) is 4.90. The molecule has 4 nitrogen and oxygen atoms in total. The van der Waals surface area contributed by atoms with Crippen LogP contribution >= 0.6 is 0 Å². The molecule has 1 aromatic heterocycles. The van der Waals surface area contributed by atoms with Crippen LogP contribution in [-0.2, 0) is 0 Å². The van der Waals surface area contributed by atoms with Gasteiger partial charge in [0, 0.05) is 18.0 Å². The quantitative estimate of drug-likeness (QED) is 0.846. The number of hydrogen-bond acceptors (Lipinski definition) is 4. The van der Waals surface area contributed by atoms with E-state index in [4.69, 9.17) is 4.74 Å². The van der Waals surface area contributed by atoms with Crippen LogP contribution in [-0.4, -0.2) is 22.2 Å². The van der Waals surface area contributed by atoms with Gasteiger partial charge < -0.3 is 9.84 Å². The summed E-state index contributed by atoms with van der Waals surface area (Å²) < 4.78 is 5.18. The lowest BCUT2D eigenvalue weighted by Gasteiger charge is -2.13. The van der Waals surface area contributed by atoms with Crippen LogP contribution in [0.4, 0.5) is 0 Å². The van der Waals surface area contributed by atoms with E-state index in [1.54, 1.807) is 31.6 Å². The molecular formula is C12H12N2O2. The molecule has 1 aromatic carbocycles. The van der Waals surface area contributed by atoms with Crippen molar-refractivity contribution in [3.05, 3.63) is 54.1 Å². The van der Waals surface area contributed by atoms with Gasteiger partial charge in [-0.25, -0.2) is 0 Å². The molecule has 0 radical (unpaired) electrons. The van der Waals surface area contributed by atoms with Gasteiger partial charge in [-0.15, -0.1) is 0 Å². The second-order valence-electron chi connectivity index (χ2n) is 3.27. The van der Waals surface area contributed by atoms with Crippen LogP contribution in [0.25, 0.3) is 0 Å². The highest BCUT2D eigenvalue weighted by molar-refractivity contribution is 5.38. The Morgan fingerprint density at radius 2 is 2.06 bits per heavy atom. The minimum Gasteiger partial charge on any atom is -0.496 e. The lowest BCUT2D eigenvalue weighted by atomic mass is 10.1. The number of rotatable bonds is 3. The summed E-state index contributed by atoms with van der Waals surface area (Å²) in [6, 6.07) is 7.30. The Labute approximate surface area is 93.6 Å². The van der Waals surface area contributed by atoms with E-state index in [0.717, 1.165) is 0 Å². The van der Waals surface area contributed by atoms with E-state index in [9.17, 15) is 5.11 Å². The maximum atomic E-state index is 10.1. The smallest absolute Gasteiger partial charge is 0.126 e. The minimum atomic E-state index is -0.815. The molecule has 0 aliphatic rings. The van der Waals surface area contributed by atoms with Crippen LogP contribution in [0, 0.1) is 0 Å². The molecule has 1 heterocycles. The molecule has 0 amide bonds. The largest absolute Gasteiger partial charge is 0.496 e. The van der Waals surface area contributed by atoms with Crippen LogP contribution < -0.4 is 4.74 Å². The fourth-order valence-corrected chi connectivity index (χ4v) is 1.50. The molecule has 16 heavy (non-hydrogen) atoms. The summed E-state index contributed by atoms with van der Waals surface area (Å²) in [5.74, 6) is 0.639. The molecular weight excluding hydrogens is 204 g/mol.